The van der Waals surface area contributed by atoms with Crippen molar-refractivity contribution in [3.63, 3.8) is 0 Å². The summed E-state index contributed by atoms with van der Waals surface area (Å²) in [5.74, 6) is -0.936. The van der Waals surface area contributed by atoms with E-state index in [2.05, 4.69) is 11.1 Å². The van der Waals surface area contributed by atoms with Gasteiger partial charge in [-0.1, -0.05) is 12.1 Å². The molecule has 1 heterocycles. The van der Waals surface area contributed by atoms with Gasteiger partial charge in [0.2, 0.25) is 0 Å². The third kappa shape index (κ3) is 2.97. The highest BCUT2D eigenvalue weighted by Crippen LogP contribution is 2.24. The maximum Gasteiger partial charge on any atom is 0.335 e. The van der Waals surface area contributed by atoms with Crippen molar-refractivity contribution < 1.29 is 9.90 Å². The van der Waals surface area contributed by atoms with E-state index in [-0.39, 0.29) is 5.56 Å². The average molecular weight is 308 g/mol. The minimum atomic E-state index is -0.936. The van der Waals surface area contributed by atoms with Crippen LogP contribution in [0.15, 0.2) is 42.5 Å². The molecule has 0 unspecified atom stereocenters. The fourth-order valence-electron chi connectivity index (χ4n) is 2.21. The number of carbonyl (C=O) groups is 1. The molecule has 0 amide bonds. The summed E-state index contributed by atoms with van der Waals surface area (Å²) in [5.41, 5.74) is 2.81. The van der Waals surface area contributed by atoms with Crippen molar-refractivity contribution in [2.24, 2.45) is 0 Å². The Morgan fingerprint density at radius 3 is 2.64 bits per heavy atom. The summed E-state index contributed by atoms with van der Waals surface area (Å²) in [4.78, 5) is 15.5. The first-order valence-electron chi connectivity index (χ1n) is 6.77. The molecule has 0 fully saturated rings. The lowest BCUT2D eigenvalue weighted by Gasteiger charge is -1.98. The Morgan fingerprint density at radius 1 is 1.18 bits per heavy atom. The van der Waals surface area contributed by atoms with Gasteiger partial charge in [0.25, 0.3) is 0 Å². The summed E-state index contributed by atoms with van der Waals surface area (Å²) >= 11 is 1.59. The molecule has 108 valence electrons. The van der Waals surface area contributed by atoms with E-state index >= 15 is 0 Å². The highest BCUT2D eigenvalue weighted by molar-refractivity contribution is 7.18. The number of thiazole rings is 1. The Bertz CT molecular complexity index is 876. The zero-order chi connectivity index (χ0) is 15.5. The van der Waals surface area contributed by atoms with Gasteiger partial charge in [0.05, 0.1) is 32.4 Å². The minimum absolute atomic E-state index is 0.261. The SMILES string of the molecule is N#Cc1ccc(CCc2nc3cc(C(=O)O)ccc3s2)cc1. The van der Waals surface area contributed by atoms with Crippen LogP contribution in [0.4, 0.5) is 0 Å². The number of aromatic carboxylic acids is 1. The molecule has 22 heavy (non-hydrogen) atoms. The second kappa shape index (κ2) is 5.96. The van der Waals surface area contributed by atoms with Gasteiger partial charge in [-0.2, -0.15) is 5.26 Å². The lowest BCUT2D eigenvalue weighted by atomic mass is 10.1. The van der Waals surface area contributed by atoms with Gasteiger partial charge < -0.3 is 5.11 Å². The van der Waals surface area contributed by atoms with Crippen molar-refractivity contribution in [1.82, 2.24) is 4.98 Å². The second-order valence-corrected chi connectivity index (χ2v) is 6.02. The number of aromatic nitrogens is 1. The molecule has 0 aliphatic rings. The number of hydrogen-bond donors (Lipinski definition) is 1. The van der Waals surface area contributed by atoms with Crippen LogP contribution in [0.1, 0.15) is 26.5 Å². The van der Waals surface area contributed by atoms with Gasteiger partial charge in [-0.05, 0) is 42.3 Å². The van der Waals surface area contributed by atoms with E-state index in [0.29, 0.717) is 5.56 Å². The monoisotopic (exact) mass is 308 g/mol. The minimum Gasteiger partial charge on any atom is -0.478 e. The maximum atomic E-state index is 11.0. The molecule has 0 bridgehead atoms. The molecule has 3 rings (SSSR count). The van der Waals surface area contributed by atoms with E-state index in [1.165, 1.54) is 0 Å². The smallest absolute Gasteiger partial charge is 0.335 e. The van der Waals surface area contributed by atoms with Crippen LogP contribution >= 0.6 is 11.3 Å². The van der Waals surface area contributed by atoms with Gasteiger partial charge in [0.1, 0.15) is 0 Å². The van der Waals surface area contributed by atoms with E-state index in [1.54, 1.807) is 23.5 Å². The van der Waals surface area contributed by atoms with Crippen LogP contribution in [0, 0.1) is 11.3 Å². The van der Waals surface area contributed by atoms with Gasteiger partial charge in [0.15, 0.2) is 0 Å². The highest BCUT2D eigenvalue weighted by atomic mass is 32.1. The normalized spacial score (nSPS) is 10.5. The number of fused-ring (bicyclic) bond motifs is 1. The molecule has 5 heteroatoms. The summed E-state index contributed by atoms with van der Waals surface area (Å²) in [7, 11) is 0. The van der Waals surface area contributed by atoms with E-state index in [0.717, 1.165) is 33.6 Å². The van der Waals surface area contributed by atoms with Crippen molar-refractivity contribution in [3.8, 4) is 6.07 Å². The molecule has 0 aliphatic heterocycles. The zero-order valence-electron chi connectivity index (χ0n) is 11.6. The number of hydrogen-bond acceptors (Lipinski definition) is 4. The average Bonchev–Trinajstić information content (AvgIpc) is 2.95. The summed E-state index contributed by atoms with van der Waals surface area (Å²) < 4.78 is 1.000. The number of carboxylic acid groups (broad SMARTS) is 1. The molecule has 0 aliphatic carbocycles. The fourth-order valence-corrected chi connectivity index (χ4v) is 3.16. The summed E-state index contributed by atoms with van der Waals surface area (Å²) in [6.45, 7) is 0. The van der Waals surface area contributed by atoms with Gasteiger partial charge in [-0.3, -0.25) is 0 Å². The van der Waals surface area contributed by atoms with Crippen LogP contribution in [0.3, 0.4) is 0 Å². The third-order valence-electron chi connectivity index (χ3n) is 3.39. The topological polar surface area (TPSA) is 74.0 Å². The van der Waals surface area contributed by atoms with Gasteiger partial charge >= 0.3 is 5.97 Å². The first-order valence-corrected chi connectivity index (χ1v) is 7.59. The molecular weight excluding hydrogens is 296 g/mol. The predicted octanol–water partition coefficient (Wildman–Crippen LogP) is 3.65. The molecule has 3 aromatic rings. The molecule has 1 aromatic heterocycles. The van der Waals surface area contributed by atoms with Crippen molar-refractivity contribution in [1.29, 1.82) is 5.26 Å². The lowest BCUT2D eigenvalue weighted by molar-refractivity contribution is 0.0697. The van der Waals surface area contributed by atoms with E-state index < -0.39 is 5.97 Å². The predicted molar refractivity (Wildman–Crippen MR) is 85.1 cm³/mol. The standard InChI is InChI=1S/C17H12N2O2S/c18-10-12-3-1-11(2-4-12)5-8-16-19-14-9-13(17(20)21)6-7-15(14)22-16/h1-4,6-7,9H,5,8H2,(H,20,21). The van der Waals surface area contributed by atoms with Crippen LogP contribution in [-0.2, 0) is 12.8 Å². The van der Waals surface area contributed by atoms with Crippen molar-refractivity contribution in [3.05, 3.63) is 64.2 Å². The highest BCUT2D eigenvalue weighted by Gasteiger charge is 2.08. The third-order valence-corrected chi connectivity index (χ3v) is 4.49. The molecular formula is C17H12N2O2S. The van der Waals surface area contributed by atoms with Crippen LogP contribution in [-0.4, -0.2) is 16.1 Å². The molecule has 0 radical (unpaired) electrons. The fraction of sp³-hybridized carbons (Fsp3) is 0.118. The zero-order valence-corrected chi connectivity index (χ0v) is 12.4. The summed E-state index contributed by atoms with van der Waals surface area (Å²) in [6, 6.07) is 14.7. The van der Waals surface area contributed by atoms with Crippen molar-refractivity contribution in [2.75, 3.05) is 0 Å². The molecule has 0 saturated carbocycles. The van der Waals surface area contributed by atoms with Gasteiger partial charge in [0, 0.05) is 6.42 Å². The number of nitrogens with zero attached hydrogens (tertiary/aromatic N) is 2. The molecule has 0 atom stereocenters. The molecule has 2 aromatic carbocycles. The quantitative estimate of drug-likeness (QED) is 0.798. The van der Waals surface area contributed by atoms with E-state index in [1.807, 2.05) is 30.3 Å². The Morgan fingerprint density at radius 2 is 1.95 bits per heavy atom. The van der Waals surface area contributed by atoms with E-state index in [9.17, 15) is 4.79 Å². The number of rotatable bonds is 4. The summed E-state index contributed by atoms with van der Waals surface area (Å²) in [6.07, 6.45) is 1.64. The number of benzene rings is 2. The van der Waals surface area contributed by atoms with E-state index in [4.69, 9.17) is 10.4 Å². The van der Waals surface area contributed by atoms with Gasteiger partial charge in [-0.25, -0.2) is 9.78 Å². The van der Waals surface area contributed by atoms with Crippen molar-refractivity contribution >= 4 is 27.5 Å². The first kappa shape index (κ1) is 14.2. The number of carboxylic acids is 1. The largest absolute Gasteiger partial charge is 0.478 e. The molecule has 0 spiro atoms. The lowest BCUT2D eigenvalue weighted by Crippen LogP contribution is -1.94. The van der Waals surface area contributed by atoms with Crippen molar-refractivity contribution in [2.45, 2.75) is 12.8 Å². The Balaban J connectivity index is 1.76. The van der Waals surface area contributed by atoms with Gasteiger partial charge in [-0.15, -0.1) is 11.3 Å². The number of aryl methyl sites for hydroxylation is 2. The summed E-state index contributed by atoms with van der Waals surface area (Å²) in [5, 5.41) is 18.8. The van der Waals surface area contributed by atoms with Crippen LogP contribution in [0.2, 0.25) is 0 Å². The Hall–Kier alpha value is -2.71. The molecule has 4 nitrogen and oxygen atoms in total. The molecule has 0 saturated heterocycles. The number of nitriles is 1. The van der Waals surface area contributed by atoms with Crippen LogP contribution in [0.5, 0.6) is 0 Å². The Kier molecular flexibility index (Phi) is 3.86. The first-order chi connectivity index (χ1) is 10.7. The van der Waals surface area contributed by atoms with Crippen LogP contribution in [0.25, 0.3) is 10.2 Å². The molecule has 1 N–H and O–H groups in total. The Labute approximate surface area is 131 Å². The van der Waals surface area contributed by atoms with Crippen LogP contribution < -0.4 is 0 Å². The second-order valence-electron chi connectivity index (χ2n) is 4.90. The maximum absolute atomic E-state index is 11.0.